The summed E-state index contributed by atoms with van der Waals surface area (Å²) in [4.78, 5) is 66.6. The predicted octanol–water partition coefficient (Wildman–Crippen LogP) is -23.5. The van der Waals surface area contributed by atoms with Crippen LogP contribution in [0.3, 0.4) is 0 Å². The van der Waals surface area contributed by atoms with Gasteiger partial charge in [-0.3, -0.25) is 19.2 Å². The Hall–Kier alpha value is -4.69. The number of ether oxygens (including phenoxy) is 20. The third-order valence-corrected chi connectivity index (χ3v) is 25.1. The van der Waals surface area contributed by atoms with E-state index in [0.29, 0.717) is 0 Å². The molecule has 800 valence electrons. The van der Waals surface area contributed by atoms with Crippen molar-refractivity contribution >= 4 is 29.6 Å². The summed E-state index contributed by atoms with van der Waals surface area (Å²) < 4.78 is 121. The van der Waals surface area contributed by atoms with Gasteiger partial charge in [-0.25, -0.2) is 4.79 Å². The molecule has 0 saturated carbocycles. The second-order valence-corrected chi connectivity index (χ2v) is 34.9. The molecular weight excluding hydrogens is 1890 g/mol. The van der Waals surface area contributed by atoms with Crippen LogP contribution in [0.1, 0.15) is 48.0 Å². The van der Waals surface area contributed by atoms with Crippen LogP contribution in [0.2, 0.25) is 0 Å². The lowest BCUT2D eigenvalue weighted by Gasteiger charge is -2.52. The van der Waals surface area contributed by atoms with E-state index in [1.807, 2.05) is 0 Å². The number of nitrogens with one attached hydrogen (secondary N) is 4. The fourth-order valence-corrected chi connectivity index (χ4v) is 17.6. The number of carbonyl (C=O) groups excluding carboxylic acids is 4. The lowest BCUT2D eigenvalue weighted by molar-refractivity contribution is -0.399. The lowest BCUT2D eigenvalue weighted by atomic mass is 9.88. The Morgan fingerprint density at radius 2 is 0.659 bits per heavy atom. The molecule has 61 heteroatoms. The summed E-state index contributed by atoms with van der Waals surface area (Å²) in [7, 11) is 0. The van der Waals surface area contributed by atoms with Gasteiger partial charge in [0.05, 0.1) is 90.4 Å². The molecule has 4 amide bonds. The highest BCUT2D eigenvalue weighted by atomic mass is 16.8. The molecule has 0 spiro atoms. The van der Waals surface area contributed by atoms with Crippen LogP contribution in [0.5, 0.6) is 0 Å². The zero-order valence-electron chi connectivity index (χ0n) is 74.5. The van der Waals surface area contributed by atoms with Crippen LogP contribution in [0.25, 0.3) is 0 Å². The van der Waals surface area contributed by atoms with Crippen molar-refractivity contribution in [3.8, 4) is 0 Å². The number of aliphatic hydroxyl groups is 31. The molecule has 55 atom stereocenters. The topological polar surface area (TPSA) is 965 Å². The van der Waals surface area contributed by atoms with Crippen LogP contribution in [0.4, 0.5) is 0 Å². The number of hydrogen-bond donors (Lipinski definition) is 36. The van der Waals surface area contributed by atoms with Crippen LogP contribution in [-0.4, -0.2) is 596 Å². The van der Waals surface area contributed by atoms with Gasteiger partial charge in [0, 0.05) is 34.1 Å². The summed E-state index contributed by atoms with van der Waals surface area (Å²) in [6.07, 6.45) is -113. The number of rotatable bonds is 40. The zero-order valence-corrected chi connectivity index (χ0v) is 74.5. The first-order valence-electron chi connectivity index (χ1n) is 43.9. The van der Waals surface area contributed by atoms with Gasteiger partial charge in [0.15, 0.2) is 56.6 Å². The average Bonchev–Trinajstić information content (AvgIpc) is 0.748. The minimum Gasteiger partial charge on any atom is -0.477 e. The first-order valence-corrected chi connectivity index (χ1v) is 43.9. The summed E-state index contributed by atoms with van der Waals surface area (Å²) >= 11 is 0. The maximum absolute atomic E-state index is 13.9. The van der Waals surface area contributed by atoms with Gasteiger partial charge in [-0.15, -0.1) is 0 Å². The number of carboxylic acids is 1. The largest absolute Gasteiger partial charge is 0.477 e. The van der Waals surface area contributed by atoms with Crippen LogP contribution < -0.4 is 21.3 Å². The average molecular weight is 2020 g/mol. The summed E-state index contributed by atoms with van der Waals surface area (Å²) in [6.45, 7) is -6.83. The summed E-state index contributed by atoms with van der Waals surface area (Å²) in [5.41, 5.74) is 0. The monoisotopic (exact) mass is 2020 g/mol. The van der Waals surface area contributed by atoms with Crippen molar-refractivity contribution in [1.29, 1.82) is 0 Å². The van der Waals surface area contributed by atoms with E-state index in [-0.39, 0.29) is 0 Å². The minimum absolute atomic E-state index is 0.807. The Morgan fingerprint density at radius 1 is 0.326 bits per heavy atom. The minimum atomic E-state index is -3.44. The molecule has 10 heterocycles. The molecule has 0 aromatic rings. The Balaban J connectivity index is 1.02. The highest BCUT2D eigenvalue weighted by Gasteiger charge is 2.65. The molecule has 10 saturated heterocycles. The number of aliphatic carboxylic acids is 1. The van der Waals surface area contributed by atoms with E-state index in [4.69, 9.17) is 94.7 Å². The number of hydrogen-bond acceptors (Lipinski definition) is 56. The molecule has 138 heavy (non-hydrogen) atoms. The summed E-state index contributed by atoms with van der Waals surface area (Å²) in [6, 6.07) is -8.21. The number of carboxylic acid groups (broad SMARTS) is 1. The number of aliphatic hydroxyl groups excluding tert-OH is 31. The molecule has 0 aliphatic carbocycles. The van der Waals surface area contributed by atoms with Crippen LogP contribution in [-0.2, 0) is 119 Å². The van der Waals surface area contributed by atoms with E-state index in [1.54, 1.807) is 0 Å². The maximum Gasteiger partial charge on any atom is 0.364 e. The highest BCUT2D eigenvalue weighted by Crippen LogP contribution is 2.44. The van der Waals surface area contributed by atoms with Crippen molar-refractivity contribution in [3.63, 3.8) is 0 Å². The lowest BCUT2D eigenvalue weighted by Crippen LogP contribution is -2.72. The van der Waals surface area contributed by atoms with E-state index in [1.165, 1.54) is 13.8 Å². The fourth-order valence-electron chi connectivity index (χ4n) is 17.6. The molecule has 10 fully saturated rings. The normalized spacial score (nSPS) is 46.7. The van der Waals surface area contributed by atoms with Crippen molar-refractivity contribution in [2.75, 3.05) is 66.1 Å². The summed E-state index contributed by atoms with van der Waals surface area (Å²) in [5.74, 6) is -9.83. The molecule has 0 radical (unpaired) electrons. The van der Waals surface area contributed by atoms with Gasteiger partial charge in [-0.05, 0) is 13.8 Å². The molecule has 36 N–H and O–H groups in total. The maximum atomic E-state index is 13.9. The molecule has 0 bridgehead atoms. The van der Waals surface area contributed by atoms with Crippen molar-refractivity contribution in [1.82, 2.24) is 21.3 Å². The van der Waals surface area contributed by atoms with E-state index >= 15 is 0 Å². The fraction of sp³-hybridized carbons (Fsp3) is 0.935. The van der Waals surface area contributed by atoms with E-state index in [9.17, 15) is 187 Å². The Labute approximate surface area is 781 Å². The van der Waals surface area contributed by atoms with E-state index in [0.717, 1.165) is 27.7 Å². The molecule has 0 aromatic heterocycles. The van der Waals surface area contributed by atoms with Gasteiger partial charge >= 0.3 is 5.97 Å². The van der Waals surface area contributed by atoms with Gasteiger partial charge in [0.1, 0.15) is 250 Å². The molecule has 0 aromatic carbocycles. The third kappa shape index (κ3) is 25.6. The zero-order chi connectivity index (χ0) is 102. The third-order valence-electron chi connectivity index (χ3n) is 25.1. The second-order valence-electron chi connectivity index (χ2n) is 34.9. The predicted molar refractivity (Wildman–Crippen MR) is 425 cm³/mol. The number of amides is 4. The molecule has 10 aliphatic heterocycles. The van der Waals surface area contributed by atoms with Crippen molar-refractivity contribution < 1.29 is 282 Å². The van der Waals surface area contributed by atoms with Gasteiger partial charge in [0.25, 0.3) is 5.79 Å². The SMILES string of the molecule is CC(=O)N[C@H]1[C@H](O[C@H]2[C@@H](O)[C@@H](CO)O[C@@H](O[C@H]3[C@H](O[C@@H]4O[C@@H](C)[C@@H](O)[C@@H](O)[C@@H]4O)[C@@H](NC(C)=O)[C@H](OC[C@H]4O[C@@H](O[C@@H]([C@H](O)[C@@H](O)CO)[C@H](O)CO)[C@H](O)[C@@H](O[C@@H]5O[C@H](CO)[C@@H](O[C@@H]6O[C@@H](C)[C@@H](O)[C@@H](O)[C@@H]6O)[C@H](O[C@@H]6O[C@H](CO)[C@H](O)[C@H](O[C@]7(C(=O)O)C[C@H](O)[C@@H](NC(C)=O)[C@H]([C@H](O)[C@H](O)CO)O7)[C@H]6O)[C@H]5NC(C)=O)[C@H]4O)O[C@@H]3CO)[C@@H]2O)O[C@H](CO)[C@@H](O[C@@H]2O[C@H](CO)[C@H](O)[C@H](O)[C@H]2O)[C@@H]1O. The van der Waals surface area contributed by atoms with Crippen LogP contribution in [0, 0.1) is 0 Å². The molecule has 10 rings (SSSR count). The molecule has 0 unspecified atom stereocenters. The first-order chi connectivity index (χ1) is 65.0. The first kappa shape index (κ1) is 115. The van der Waals surface area contributed by atoms with Crippen molar-refractivity contribution in [2.24, 2.45) is 0 Å². The second kappa shape index (κ2) is 50.1. The standard InChI is InChI=1S/C77H130N4O57/c1-18-39(99)48(108)51(111)70(120-18)131-60-33(16-90)127-69(38(81-23(6)94)63(60)134-75-56(116)66(45(105)30(13-87)124-75)138-77(76(117)118)7-24(95)35(78-20(3)91)61(137-77)42(102)26(97)9-83)136-65-46(106)34(128-74(55(65)115)129-57(27(98)10-84)41(101)25(96)8-82)17-119-67-37(80-22(5)93)62(133-71-52(112)49(109)40(100)19(2)121-71)59(32(15-89)125-67)132-73-54(114)64(44(104)29(12-86)123-73)135-68-36(79-21(4)92)47(107)58(31(14-88)126-68)130-72-53(113)50(110)43(103)28(11-85)122-72/h18-19,24-75,82-90,95-116H,7-17H2,1-6H3,(H,78,91)(H,79,92)(H,80,93)(H,81,94)(H,117,118)/t18-,19-,24-,25-,26+,27+,28+,29+,30+,31+,32+,33+,34+,35+,36+,37+,38+,39+,40+,41+,42+,43-,44-,45-,46-,47+,48+,49+,50-,51-,52-,53+,54+,55+,56+,57+,58+,59+,60+,61+,62+,63+,64-,65-,66-,67+,68-,69-,70-,71-,72-,73-,74-,75-,77-/m0/s1. The van der Waals surface area contributed by atoms with E-state index < -0.39 is 439 Å². The van der Waals surface area contributed by atoms with Gasteiger partial charge < -0.3 is 279 Å². The van der Waals surface area contributed by atoms with E-state index in [2.05, 4.69) is 21.3 Å². The van der Waals surface area contributed by atoms with Gasteiger partial charge in [-0.2, -0.15) is 0 Å². The quantitative estimate of drug-likeness (QED) is 0.0271. The van der Waals surface area contributed by atoms with Crippen molar-refractivity contribution in [3.05, 3.63) is 0 Å². The number of carbonyl (C=O) groups is 5. The van der Waals surface area contributed by atoms with Crippen LogP contribution >= 0.6 is 0 Å². The Morgan fingerprint density at radius 3 is 1.10 bits per heavy atom. The smallest absolute Gasteiger partial charge is 0.364 e. The Kier molecular flexibility index (Phi) is 41.9. The molecule has 61 nitrogen and oxygen atoms in total. The molecule has 10 aliphatic rings. The highest BCUT2D eigenvalue weighted by molar-refractivity contribution is 5.77. The summed E-state index contributed by atoms with van der Waals surface area (Å²) in [5, 5.41) is 367. The van der Waals surface area contributed by atoms with Gasteiger partial charge in [0.2, 0.25) is 23.6 Å². The van der Waals surface area contributed by atoms with Gasteiger partial charge in [-0.1, -0.05) is 0 Å². The molecular formula is C77H130N4O57. The Bertz CT molecular complexity index is 3800. The van der Waals surface area contributed by atoms with Crippen LogP contribution in [0.15, 0.2) is 0 Å². The van der Waals surface area contributed by atoms with Crippen molar-refractivity contribution in [2.45, 2.75) is 385 Å².